The van der Waals surface area contributed by atoms with Crippen LogP contribution in [-0.4, -0.2) is 51.6 Å². The van der Waals surface area contributed by atoms with Crippen LogP contribution in [0.5, 0.6) is 0 Å². The minimum atomic E-state index is -0.893. The fourth-order valence-electron chi connectivity index (χ4n) is 10.8. The van der Waals surface area contributed by atoms with Gasteiger partial charge in [-0.3, -0.25) is 0 Å². The largest absolute Gasteiger partial charge is 0.396 e. The number of aldehydes is 1. The maximum absolute atomic E-state index is 12.3. The summed E-state index contributed by atoms with van der Waals surface area (Å²) in [6.45, 7) is 13.3. The predicted molar refractivity (Wildman–Crippen MR) is 135 cm³/mol. The third kappa shape index (κ3) is 2.99. The van der Waals surface area contributed by atoms with Gasteiger partial charge in [-0.05, 0) is 90.8 Å². The zero-order chi connectivity index (χ0) is 25.8. The molecule has 5 aliphatic carbocycles. The summed E-state index contributed by atoms with van der Waals surface area (Å²) in [5.74, 6) is 0.453. The summed E-state index contributed by atoms with van der Waals surface area (Å²) >= 11 is 0. The Morgan fingerprint density at radius 3 is 2.17 bits per heavy atom. The highest BCUT2D eigenvalue weighted by atomic mass is 16.3. The van der Waals surface area contributed by atoms with E-state index in [9.17, 15) is 25.2 Å². The summed E-state index contributed by atoms with van der Waals surface area (Å²) in [4.78, 5) is 12.3. The molecule has 11 atom stereocenters. The molecule has 35 heavy (non-hydrogen) atoms. The molecule has 4 fully saturated rings. The van der Waals surface area contributed by atoms with E-state index in [1.165, 1.54) is 5.57 Å². The molecule has 0 aromatic carbocycles. The molecule has 6 unspecified atom stereocenters. The van der Waals surface area contributed by atoms with E-state index in [1.807, 2.05) is 6.92 Å². The predicted octanol–water partition coefficient (Wildman–Crippen LogP) is 4.26. The lowest BCUT2D eigenvalue weighted by atomic mass is 9.33. The minimum absolute atomic E-state index is 0.0447. The van der Waals surface area contributed by atoms with Gasteiger partial charge in [-0.1, -0.05) is 53.2 Å². The first-order valence-corrected chi connectivity index (χ1v) is 14.0. The van der Waals surface area contributed by atoms with Crippen LogP contribution in [0, 0.1) is 50.2 Å². The second-order valence-electron chi connectivity index (χ2n) is 15.0. The summed E-state index contributed by atoms with van der Waals surface area (Å²) in [5, 5.41) is 44.6. The Balaban J connectivity index is 1.63. The fourth-order valence-corrected chi connectivity index (χ4v) is 10.8. The first kappa shape index (κ1) is 25.9. The van der Waals surface area contributed by atoms with E-state index in [0.29, 0.717) is 25.2 Å². The standard InChI is InChI=1S/C30H48O5/c1-25(2)13-19-18-7-8-21-26(3)11-10-22(33)27(4,16-31)20(26)9-12-28(21,5)29(18,6)15-24(35)30(19,17-32)23(34)14-25/h7,16,19-24,32-35H,8-15,17H2,1-6H3/t19?,20?,21?,22-,23?,24?,26-,27-,28+,29?,30+/m0/s1. The molecule has 0 radical (unpaired) electrons. The second-order valence-corrected chi connectivity index (χ2v) is 15.0. The summed E-state index contributed by atoms with van der Waals surface area (Å²) in [5.41, 5.74) is -0.691. The molecule has 0 aliphatic heterocycles. The van der Waals surface area contributed by atoms with E-state index in [4.69, 9.17) is 0 Å². The molecule has 5 rings (SSSR count). The minimum Gasteiger partial charge on any atom is -0.396 e. The molecule has 5 nitrogen and oxygen atoms in total. The van der Waals surface area contributed by atoms with E-state index < -0.39 is 29.1 Å². The monoisotopic (exact) mass is 488 g/mol. The number of hydrogen-bond donors (Lipinski definition) is 4. The van der Waals surface area contributed by atoms with E-state index in [1.54, 1.807) is 0 Å². The van der Waals surface area contributed by atoms with Crippen molar-refractivity contribution < 1.29 is 25.2 Å². The number of aliphatic hydroxyl groups excluding tert-OH is 4. The number of carbonyl (C=O) groups is 1. The molecule has 4 saturated carbocycles. The van der Waals surface area contributed by atoms with Crippen LogP contribution < -0.4 is 0 Å². The van der Waals surface area contributed by atoms with Crippen molar-refractivity contribution in [3.63, 3.8) is 0 Å². The smallest absolute Gasteiger partial charge is 0.128 e. The zero-order valence-electron chi connectivity index (χ0n) is 22.7. The van der Waals surface area contributed by atoms with Crippen LogP contribution >= 0.6 is 0 Å². The summed E-state index contributed by atoms with van der Waals surface area (Å²) < 4.78 is 0. The summed E-state index contributed by atoms with van der Waals surface area (Å²) in [6.07, 6.45) is 7.72. The molecule has 4 N–H and O–H groups in total. The van der Waals surface area contributed by atoms with Gasteiger partial charge in [0.25, 0.3) is 0 Å². The molecule has 0 spiro atoms. The highest BCUT2D eigenvalue weighted by Gasteiger charge is 2.71. The van der Waals surface area contributed by atoms with Gasteiger partial charge < -0.3 is 25.2 Å². The Labute approximate surface area is 211 Å². The van der Waals surface area contributed by atoms with Crippen LogP contribution in [-0.2, 0) is 4.79 Å². The van der Waals surface area contributed by atoms with Gasteiger partial charge in [0.2, 0.25) is 0 Å². The molecule has 0 bridgehead atoms. The van der Waals surface area contributed by atoms with Crippen LogP contribution in [0.2, 0.25) is 0 Å². The van der Waals surface area contributed by atoms with Gasteiger partial charge in [-0.25, -0.2) is 0 Å². The Kier molecular flexibility index (Phi) is 5.65. The van der Waals surface area contributed by atoms with Crippen molar-refractivity contribution in [2.24, 2.45) is 50.2 Å². The Bertz CT molecular complexity index is 928. The lowest BCUT2D eigenvalue weighted by Gasteiger charge is -2.72. The maximum Gasteiger partial charge on any atom is 0.128 e. The van der Waals surface area contributed by atoms with Gasteiger partial charge in [0, 0.05) is 0 Å². The van der Waals surface area contributed by atoms with Gasteiger partial charge in [-0.2, -0.15) is 0 Å². The normalized spacial score (nSPS) is 57.1. The van der Waals surface area contributed by atoms with Crippen LogP contribution in [0.25, 0.3) is 0 Å². The first-order chi connectivity index (χ1) is 16.2. The SMILES string of the molecule is CC1(C)CC(O)[C@]2(CO)C(O)CC3(C)C(=CCC4[C@@]5(C)CC[C@H](O)[C@@](C)(C=O)C5CC[C@]43C)C2C1. The average molecular weight is 489 g/mol. The lowest BCUT2D eigenvalue weighted by Crippen LogP contribution is -2.69. The third-order valence-electron chi connectivity index (χ3n) is 13.1. The number of aliphatic hydroxyl groups is 4. The van der Waals surface area contributed by atoms with Gasteiger partial charge in [0.15, 0.2) is 0 Å². The highest BCUT2D eigenvalue weighted by molar-refractivity contribution is 5.61. The van der Waals surface area contributed by atoms with Crippen LogP contribution in [0.1, 0.15) is 92.9 Å². The molecule has 0 aromatic rings. The van der Waals surface area contributed by atoms with Crippen molar-refractivity contribution in [2.45, 2.75) is 111 Å². The molecule has 5 heteroatoms. The van der Waals surface area contributed by atoms with Crippen LogP contribution in [0.4, 0.5) is 0 Å². The topological polar surface area (TPSA) is 98.0 Å². The van der Waals surface area contributed by atoms with Crippen LogP contribution in [0.3, 0.4) is 0 Å². The van der Waals surface area contributed by atoms with Crippen molar-refractivity contribution in [2.75, 3.05) is 6.61 Å². The molecule has 198 valence electrons. The average Bonchev–Trinajstić information content (AvgIpc) is 2.76. The van der Waals surface area contributed by atoms with Gasteiger partial charge >= 0.3 is 0 Å². The number of carbonyl (C=O) groups excluding carboxylic acids is 1. The van der Waals surface area contributed by atoms with E-state index in [2.05, 4.69) is 40.7 Å². The van der Waals surface area contributed by atoms with Crippen molar-refractivity contribution in [3.8, 4) is 0 Å². The van der Waals surface area contributed by atoms with Crippen molar-refractivity contribution in [3.05, 3.63) is 11.6 Å². The van der Waals surface area contributed by atoms with Crippen molar-refractivity contribution in [1.29, 1.82) is 0 Å². The number of hydrogen-bond acceptors (Lipinski definition) is 5. The fraction of sp³-hybridized carbons (Fsp3) is 0.900. The number of fused-ring (bicyclic) bond motifs is 7. The van der Waals surface area contributed by atoms with E-state index >= 15 is 0 Å². The summed E-state index contributed by atoms with van der Waals surface area (Å²) in [6, 6.07) is 0. The highest BCUT2D eigenvalue weighted by Crippen LogP contribution is 2.75. The molecule has 0 amide bonds. The third-order valence-corrected chi connectivity index (χ3v) is 13.1. The van der Waals surface area contributed by atoms with Crippen molar-refractivity contribution >= 4 is 6.29 Å². The van der Waals surface area contributed by atoms with Crippen LogP contribution in [0.15, 0.2) is 11.6 Å². The quantitative estimate of drug-likeness (QED) is 0.344. The zero-order valence-corrected chi connectivity index (χ0v) is 22.7. The first-order valence-electron chi connectivity index (χ1n) is 14.0. The Morgan fingerprint density at radius 1 is 0.886 bits per heavy atom. The maximum atomic E-state index is 12.3. The van der Waals surface area contributed by atoms with E-state index in [-0.39, 0.29) is 40.1 Å². The van der Waals surface area contributed by atoms with Gasteiger partial charge in [0.1, 0.15) is 6.29 Å². The van der Waals surface area contributed by atoms with E-state index in [0.717, 1.165) is 38.4 Å². The molecule has 0 aromatic heterocycles. The Morgan fingerprint density at radius 2 is 1.54 bits per heavy atom. The van der Waals surface area contributed by atoms with Crippen molar-refractivity contribution in [1.82, 2.24) is 0 Å². The molecular formula is C30H48O5. The molecule has 0 heterocycles. The van der Waals surface area contributed by atoms with Gasteiger partial charge in [0.05, 0.1) is 35.7 Å². The number of rotatable bonds is 2. The summed E-state index contributed by atoms with van der Waals surface area (Å²) in [7, 11) is 0. The number of allylic oxidation sites excluding steroid dienone is 2. The second kappa shape index (κ2) is 7.65. The Hall–Kier alpha value is -0.750. The molecule has 0 saturated heterocycles. The lowest BCUT2D eigenvalue weighted by molar-refractivity contribution is -0.233. The molecule has 5 aliphatic rings. The van der Waals surface area contributed by atoms with Gasteiger partial charge in [-0.15, -0.1) is 0 Å². The molecular weight excluding hydrogens is 440 g/mol.